The van der Waals surface area contributed by atoms with Crippen molar-refractivity contribution in [1.29, 1.82) is 0 Å². The lowest BCUT2D eigenvalue weighted by Crippen LogP contribution is -2.67. The average molecular weight is 620 g/mol. The van der Waals surface area contributed by atoms with E-state index in [9.17, 15) is 9.59 Å². The van der Waals surface area contributed by atoms with Crippen LogP contribution in [-0.4, -0.2) is 24.7 Å². The molecule has 250 valence electrons. The van der Waals surface area contributed by atoms with E-state index in [4.69, 9.17) is 9.47 Å². The van der Waals surface area contributed by atoms with Gasteiger partial charge in [0.05, 0.1) is 5.41 Å². The molecule has 1 aromatic rings. The minimum absolute atomic E-state index is 0.0408. The highest BCUT2D eigenvalue weighted by Crippen LogP contribution is 2.77. The van der Waals surface area contributed by atoms with Gasteiger partial charge in [0.2, 0.25) is 0 Å². The van der Waals surface area contributed by atoms with E-state index in [1.165, 1.54) is 25.7 Å². The van der Waals surface area contributed by atoms with E-state index in [0.29, 0.717) is 48.7 Å². The minimum atomic E-state index is -0.339. The second-order valence-corrected chi connectivity index (χ2v) is 17.6. The molecule has 3 unspecified atom stereocenters. The van der Waals surface area contributed by atoms with Gasteiger partial charge in [-0.25, -0.2) is 4.79 Å². The van der Waals surface area contributed by atoms with Gasteiger partial charge in [0.1, 0.15) is 12.7 Å². The van der Waals surface area contributed by atoms with Crippen LogP contribution in [0.5, 0.6) is 0 Å². The standard InChI is InChI=1S/C40H61NO4/c1-9-41-35(43)45-32-19-20-37(6)30(36(32,4)5)18-21-39(8)31(37)16-15-29-33-28(26(2)3)17-22-40(33,24-23-38(29,39)7)34(42)44-25-27-13-11-10-12-14-27/h10-14,26,28-33H,9,15-25H2,1-8H3,(H,41,43)/t28-,29?,30?,31?,32+,33-,37-,38+,39+,40-/m0/s1. The largest absolute Gasteiger partial charge is 0.460 e. The van der Waals surface area contributed by atoms with E-state index in [-0.39, 0.29) is 45.2 Å². The molecule has 1 aromatic carbocycles. The number of ether oxygens (including phenoxy) is 2. The lowest BCUT2D eigenvalue weighted by Gasteiger charge is -2.72. The topological polar surface area (TPSA) is 64.6 Å². The van der Waals surface area contributed by atoms with Crippen molar-refractivity contribution in [3.63, 3.8) is 0 Å². The summed E-state index contributed by atoms with van der Waals surface area (Å²) in [5.74, 6) is 3.36. The van der Waals surface area contributed by atoms with Gasteiger partial charge in [-0.2, -0.15) is 0 Å². The number of hydrogen-bond acceptors (Lipinski definition) is 4. The van der Waals surface area contributed by atoms with Crippen LogP contribution in [0.15, 0.2) is 30.3 Å². The number of hydrogen-bond donors (Lipinski definition) is 1. The molecule has 45 heavy (non-hydrogen) atoms. The first-order valence-electron chi connectivity index (χ1n) is 18.4. The van der Waals surface area contributed by atoms with Gasteiger partial charge in [0.15, 0.2) is 0 Å². The third-order valence-corrected chi connectivity index (χ3v) is 15.5. The molecular formula is C40H61NO4. The normalized spacial score (nSPS) is 43.3. The molecule has 0 radical (unpaired) electrons. The highest BCUT2D eigenvalue weighted by atomic mass is 16.6. The molecule has 5 saturated carbocycles. The molecule has 5 aliphatic carbocycles. The molecule has 5 fully saturated rings. The summed E-state index contributed by atoms with van der Waals surface area (Å²) in [7, 11) is 0. The van der Waals surface area contributed by atoms with Gasteiger partial charge in [0, 0.05) is 12.0 Å². The van der Waals surface area contributed by atoms with Gasteiger partial charge in [-0.3, -0.25) is 4.79 Å². The number of rotatable bonds is 6. The molecule has 0 spiro atoms. The average Bonchev–Trinajstić information content (AvgIpc) is 3.40. The SMILES string of the molecule is CCNC(=O)O[C@@H]1CC[C@@]2(C)C(CC[C@]3(C)C2CCC2[C@@H]4[C@H](C(C)C)CC[C@]4(C(=O)OCc4ccccc4)CC[C@]23C)C1(C)C. The van der Waals surface area contributed by atoms with E-state index in [1.807, 2.05) is 25.1 Å². The molecule has 0 saturated heterocycles. The van der Waals surface area contributed by atoms with Crippen molar-refractivity contribution in [3.8, 4) is 0 Å². The Labute approximate surface area is 273 Å². The predicted octanol–water partition coefficient (Wildman–Crippen LogP) is 9.58. The Kier molecular flexibility index (Phi) is 8.46. The van der Waals surface area contributed by atoms with Crippen LogP contribution < -0.4 is 5.32 Å². The molecule has 5 heteroatoms. The van der Waals surface area contributed by atoms with Crippen LogP contribution in [0.1, 0.15) is 125 Å². The van der Waals surface area contributed by atoms with Crippen molar-refractivity contribution >= 4 is 12.1 Å². The Bertz CT molecular complexity index is 1260. The molecular weight excluding hydrogens is 558 g/mol. The number of carbonyl (C=O) groups excluding carboxylic acids is 2. The Morgan fingerprint density at radius 2 is 1.58 bits per heavy atom. The minimum Gasteiger partial charge on any atom is -0.460 e. The number of fused-ring (bicyclic) bond motifs is 7. The smallest absolute Gasteiger partial charge is 0.407 e. The highest BCUT2D eigenvalue weighted by molar-refractivity contribution is 5.78. The van der Waals surface area contributed by atoms with Crippen molar-refractivity contribution in [1.82, 2.24) is 5.32 Å². The number of nitrogens with one attached hydrogen (secondary N) is 1. The van der Waals surface area contributed by atoms with E-state index in [0.717, 1.165) is 44.1 Å². The van der Waals surface area contributed by atoms with Crippen LogP contribution >= 0.6 is 0 Å². The zero-order valence-electron chi connectivity index (χ0n) is 29.5. The molecule has 5 nitrogen and oxygen atoms in total. The summed E-state index contributed by atoms with van der Waals surface area (Å²) < 4.78 is 12.3. The fraction of sp³-hybridized carbons (Fsp3) is 0.800. The predicted molar refractivity (Wildman–Crippen MR) is 179 cm³/mol. The first-order valence-corrected chi connectivity index (χ1v) is 18.4. The molecule has 0 bridgehead atoms. The van der Waals surface area contributed by atoms with Crippen LogP contribution in [0.25, 0.3) is 0 Å². The number of carbonyl (C=O) groups is 2. The summed E-state index contributed by atoms with van der Waals surface area (Å²) in [4.78, 5) is 26.8. The van der Waals surface area contributed by atoms with E-state index < -0.39 is 0 Å². The van der Waals surface area contributed by atoms with Crippen molar-refractivity contribution in [3.05, 3.63) is 35.9 Å². The lowest BCUT2D eigenvalue weighted by atomic mass is 9.32. The van der Waals surface area contributed by atoms with Crippen LogP contribution in [0.4, 0.5) is 4.79 Å². The summed E-state index contributed by atoms with van der Waals surface area (Å²) in [6.07, 6.45) is 10.9. The molecule has 1 amide bonds. The first-order chi connectivity index (χ1) is 21.2. The van der Waals surface area contributed by atoms with Crippen molar-refractivity contribution < 1.29 is 19.1 Å². The lowest BCUT2D eigenvalue weighted by molar-refractivity contribution is -0.250. The molecule has 0 heterocycles. The monoisotopic (exact) mass is 619 g/mol. The maximum absolute atomic E-state index is 14.3. The van der Waals surface area contributed by atoms with Gasteiger partial charge < -0.3 is 14.8 Å². The zero-order chi connectivity index (χ0) is 32.4. The maximum atomic E-state index is 14.3. The van der Waals surface area contributed by atoms with Crippen molar-refractivity contribution in [2.24, 2.45) is 62.6 Å². The first kappa shape index (κ1) is 32.9. The van der Waals surface area contributed by atoms with Crippen LogP contribution in [0.2, 0.25) is 0 Å². The van der Waals surface area contributed by atoms with E-state index in [1.54, 1.807) is 0 Å². The summed E-state index contributed by atoms with van der Waals surface area (Å²) >= 11 is 0. The Balaban J connectivity index is 1.28. The van der Waals surface area contributed by atoms with Gasteiger partial charge in [0.25, 0.3) is 0 Å². The summed E-state index contributed by atoms with van der Waals surface area (Å²) in [5, 5.41) is 2.86. The molecule has 1 N–H and O–H groups in total. The van der Waals surface area contributed by atoms with Gasteiger partial charge in [-0.15, -0.1) is 0 Å². The van der Waals surface area contributed by atoms with Crippen molar-refractivity contribution in [2.45, 2.75) is 132 Å². The molecule has 0 aliphatic heterocycles. The number of benzene rings is 1. The molecule has 5 aliphatic rings. The fourth-order valence-electron chi connectivity index (χ4n) is 13.1. The fourth-order valence-corrected chi connectivity index (χ4v) is 13.1. The van der Waals surface area contributed by atoms with E-state index in [2.05, 4.69) is 65.9 Å². The maximum Gasteiger partial charge on any atom is 0.407 e. The second kappa shape index (κ2) is 11.6. The summed E-state index contributed by atoms with van der Waals surface area (Å²) in [6.45, 7) is 20.4. The Morgan fingerprint density at radius 3 is 2.27 bits per heavy atom. The number of alkyl carbamates (subject to hydrolysis) is 1. The third-order valence-electron chi connectivity index (χ3n) is 15.5. The zero-order valence-corrected chi connectivity index (χ0v) is 29.5. The third kappa shape index (κ3) is 4.90. The van der Waals surface area contributed by atoms with Gasteiger partial charge in [-0.1, -0.05) is 78.8 Å². The molecule has 0 aromatic heterocycles. The number of amides is 1. The molecule has 10 atom stereocenters. The van der Waals surface area contributed by atoms with Crippen LogP contribution in [0.3, 0.4) is 0 Å². The van der Waals surface area contributed by atoms with Crippen LogP contribution in [-0.2, 0) is 20.9 Å². The second-order valence-electron chi connectivity index (χ2n) is 17.6. The van der Waals surface area contributed by atoms with Gasteiger partial charge in [-0.05, 0) is 128 Å². The Morgan fingerprint density at radius 1 is 0.844 bits per heavy atom. The Hall–Kier alpha value is -2.04. The quantitative estimate of drug-likeness (QED) is 0.322. The van der Waals surface area contributed by atoms with Crippen molar-refractivity contribution in [2.75, 3.05) is 6.54 Å². The summed E-state index contributed by atoms with van der Waals surface area (Å²) in [6, 6.07) is 10.2. The number of esters is 1. The highest BCUT2D eigenvalue weighted by Gasteiger charge is 2.72. The molecule has 6 rings (SSSR count). The van der Waals surface area contributed by atoms with Gasteiger partial charge >= 0.3 is 12.1 Å². The van der Waals surface area contributed by atoms with E-state index >= 15 is 0 Å². The summed E-state index contributed by atoms with van der Waals surface area (Å²) in [5.41, 5.74) is 1.33. The van der Waals surface area contributed by atoms with Crippen LogP contribution in [0, 0.1) is 62.6 Å².